The highest BCUT2D eigenvalue weighted by molar-refractivity contribution is 5.82. The van der Waals surface area contributed by atoms with Crippen LogP contribution in [0.3, 0.4) is 0 Å². The van der Waals surface area contributed by atoms with Crippen LogP contribution < -0.4 is 4.90 Å². The molecule has 0 N–H and O–H groups in total. The largest absolute Gasteiger partial charge is 0.374 e. The van der Waals surface area contributed by atoms with E-state index in [4.69, 9.17) is 0 Å². The van der Waals surface area contributed by atoms with Gasteiger partial charge in [-0.15, -0.1) is 0 Å². The Hall–Kier alpha value is -1.76. The smallest absolute Gasteiger partial charge is 0.0405 e. The number of nitrogens with zero attached hydrogens (tertiary/aromatic N) is 1. The minimum absolute atomic E-state index is 1.08. The fourth-order valence-electron chi connectivity index (χ4n) is 3.01. The molecule has 1 heteroatoms. The van der Waals surface area contributed by atoms with Crippen LogP contribution in [-0.4, -0.2) is 13.6 Å². The second-order valence-corrected chi connectivity index (χ2v) is 5.41. The normalized spacial score (nSPS) is 12.1. The van der Waals surface area contributed by atoms with E-state index < -0.39 is 0 Å². The van der Waals surface area contributed by atoms with Gasteiger partial charge in [-0.2, -0.15) is 0 Å². The summed E-state index contributed by atoms with van der Waals surface area (Å²) in [7, 11) is 2.22. The first kappa shape index (κ1) is 12.3. The molecule has 1 nitrogen and oxygen atoms in total. The van der Waals surface area contributed by atoms with E-state index in [0.717, 1.165) is 13.0 Å². The molecule has 0 aromatic heterocycles. The van der Waals surface area contributed by atoms with Gasteiger partial charge >= 0.3 is 0 Å². The minimum Gasteiger partial charge on any atom is -0.374 e. The second kappa shape index (κ2) is 5.08. The number of fused-ring (bicyclic) bond motifs is 3. The first-order valence-electron chi connectivity index (χ1n) is 7.22. The number of rotatable bonds is 4. The highest BCUT2D eigenvalue weighted by Crippen LogP contribution is 2.40. The lowest BCUT2D eigenvalue weighted by atomic mass is 10.0. The third-order valence-electron chi connectivity index (χ3n) is 4.08. The van der Waals surface area contributed by atoms with E-state index in [0.29, 0.717) is 0 Å². The van der Waals surface area contributed by atoms with E-state index in [2.05, 4.69) is 61.3 Å². The molecule has 0 unspecified atom stereocenters. The summed E-state index contributed by atoms with van der Waals surface area (Å²) < 4.78 is 0. The van der Waals surface area contributed by atoms with Crippen LogP contribution >= 0.6 is 0 Å². The molecule has 1 aliphatic rings. The standard InChI is InChI=1S/C18H21N/c1-3-4-12-19(2)18-11-7-10-16-15-9-6-5-8-14(15)13-17(16)18/h5-11H,3-4,12-13H2,1-2H3. The predicted octanol–water partition coefficient (Wildman–Crippen LogP) is 4.49. The Labute approximate surface area is 115 Å². The van der Waals surface area contributed by atoms with Gasteiger partial charge < -0.3 is 4.90 Å². The van der Waals surface area contributed by atoms with Crippen LogP contribution in [0.1, 0.15) is 30.9 Å². The molecule has 98 valence electrons. The van der Waals surface area contributed by atoms with Crippen LogP contribution in [0, 0.1) is 0 Å². The zero-order valence-corrected chi connectivity index (χ0v) is 11.8. The molecule has 2 aromatic rings. The van der Waals surface area contributed by atoms with Crippen LogP contribution in [0.2, 0.25) is 0 Å². The number of hydrogen-bond acceptors (Lipinski definition) is 1. The summed E-state index contributed by atoms with van der Waals surface area (Å²) in [6, 6.07) is 15.5. The Kier molecular flexibility index (Phi) is 3.29. The average molecular weight is 251 g/mol. The van der Waals surface area contributed by atoms with E-state index in [1.807, 2.05) is 0 Å². The molecule has 19 heavy (non-hydrogen) atoms. The maximum absolute atomic E-state index is 2.41. The molecule has 0 saturated heterocycles. The van der Waals surface area contributed by atoms with Gasteiger partial charge in [-0.3, -0.25) is 0 Å². The average Bonchev–Trinajstić information content (AvgIpc) is 2.83. The van der Waals surface area contributed by atoms with Gasteiger partial charge in [0.15, 0.2) is 0 Å². The molecule has 0 saturated carbocycles. The zero-order valence-electron chi connectivity index (χ0n) is 11.8. The van der Waals surface area contributed by atoms with Crippen LogP contribution in [-0.2, 0) is 6.42 Å². The molecule has 0 atom stereocenters. The molecular formula is C18H21N. The van der Waals surface area contributed by atoms with E-state index in [1.54, 1.807) is 0 Å². The summed E-state index contributed by atoms with van der Waals surface area (Å²) in [6.45, 7) is 3.39. The van der Waals surface area contributed by atoms with Gasteiger partial charge in [0.2, 0.25) is 0 Å². The number of hydrogen-bond donors (Lipinski definition) is 0. The van der Waals surface area contributed by atoms with Gasteiger partial charge in [0.1, 0.15) is 0 Å². The zero-order chi connectivity index (χ0) is 13.2. The number of benzene rings is 2. The van der Waals surface area contributed by atoms with Gasteiger partial charge in [0.05, 0.1) is 0 Å². The summed E-state index contributed by atoms with van der Waals surface area (Å²) in [5.41, 5.74) is 7.22. The first-order valence-corrected chi connectivity index (χ1v) is 7.22. The summed E-state index contributed by atoms with van der Waals surface area (Å²) >= 11 is 0. The molecule has 3 rings (SSSR count). The highest BCUT2D eigenvalue weighted by Gasteiger charge is 2.21. The van der Waals surface area contributed by atoms with Gasteiger partial charge in [-0.25, -0.2) is 0 Å². The second-order valence-electron chi connectivity index (χ2n) is 5.41. The lowest BCUT2D eigenvalue weighted by molar-refractivity contribution is 0.765. The van der Waals surface area contributed by atoms with Gasteiger partial charge in [-0.05, 0) is 34.7 Å². The Morgan fingerprint density at radius 2 is 1.79 bits per heavy atom. The molecular weight excluding hydrogens is 230 g/mol. The Morgan fingerprint density at radius 1 is 1.00 bits per heavy atom. The number of unbranched alkanes of at least 4 members (excludes halogenated alkanes) is 1. The van der Waals surface area contributed by atoms with Crippen molar-refractivity contribution in [2.24, 2.45) is 0 Å². The molecule has 2 aromatic carbocycles. The van der Waals surface area contributed by atoms with Crippen molar-refractivity contribution in [3.63, 3.8) is 0 Å². The maximum Gasteiger partial charge on any atom is 0.0405 e. The Morgan fingerprint density at radius 3 is 2.63 bits per heavy atom. The van der Waals surface area contributed by atoms with E-state index in [1.165, 1.54) is 40.8 Å². The molecule has 0 radical (unpaired) electrons. The van der Waals surface area contributed by atoms with E-state index in [-0.39, 0.29) is 0 Å². The summed E-state index contributed by atoms with van der Waals surface area (Å²) in [5, 5.41) is 0. The SMILES string of the molecule is CCCCN(C)c1cccc2c1Cc1ccccc1-2. The fraction of sp³-hybridized carbons (Fsp3) is 0.333. The van der Waals surface area contributed by atoms with Crippen molar-refractivity contribution in [1.29, 1.82) is 0 Å². The summed E-state index contributed by atoms with van der Waals surface area (Å²) in [5.74, 6) is 0. The predicted molar refractivity (Wildman–Crippen MR) is 82.9 cm³/mol. The van der Waals surface area contributed by atoms with Crippen molar-refractivity contribution < 1.29 is 0 Å². The lowest BCUT2D eigenvalue weighted by Gasteiger charge is -2.22. The van der Waals surface area contributed by atoms with Crippen molar-refractivity contribution in [2.75, 3.05) is 18.5 Å². The molecule has 0 bridgehead atoms. The van der Waals surface area contributed by atoms with Crippen LogP contribution in [0.4, 0.5) is 5.69 Å². The summed E-state index contributed by atoms with van der Waals surface area (Å²) in [4.78, 5) is 2.41. The molecule has 0 spiro atoms. The first-order chi connectivity index (χ1) is 9.31. The van der Waals surface area contributed by atoms with Crippen LogP contribution in [0.15, 0.2) is 42.5 Å². The fourth-order valence-corrected chi connectivity index (χ4v) is 3.01. The van der Waals surface area contributed by atoms with Crippen molar-refractivity contribution >= 4 is 5.69 Å². The van der Waals surface area contributed by atoms with Crippen LogP contribution in [0.25, 0.3) is 11.1 Å². The quantitative estimate of drug-likeness (QED) is 0.660. The highest BCUT2D eigenvalue weighted by atomic mass is 15.1. The molecule has 0 amide bonds. The molecule has 0 aliphatic heterocycles. The molecule has 1 aliphatic carbocycles. The van der Waals surface area contributed by atoms with Crippen molar-refractivity contribution in [3.8, 4) is 11.1 Å². The Bertz CT molecular complexity index is 586. The van der Waals surface area contributed by atoms with Gasteiger partial charge in [-0.1, -0.05) is 49.7 Å². The topological polar surface area (TPSA) is 3.24 Å². The monoisotopic (exact) mass is 251 g/mol. The minimum atomic E-state index is 1.08. The number of anilines is 1. The van der Waals surface area contributed by atoms with Crippen LogP contribution in [0.5, 0.6) is 0 Å². The van der Waals surface area contributed by atoms with Crippen molar-refractivity contribution in [2.45, 2.75) is 26.2 Å². The van der Waals surface area contributed by atoms with E-state index in [9.17, 15) is 0 Å². The maximum atomic E-state index is 2.41. The third kappa shape index (κ3) is 2.14. The lowest BCUT2D eigenvalue weighted by Crippen LogP contribution is -2.19. The van der Waals surface area contributed by atoms with Gasteiger partial charge in [0, 0.05) is 25.7 Å². The van der Waals surface area contributed by atoms with E-state index >= 15 is 0 Å². The van der Waals surface area contributed by atoms with Crippen molar-refractivity contribution in [1.82, 2.24) is 0 Å². The Balaban J connectivity index is 1.99. The van der Waals surface area contributed by atoms with Crippen molar-refractivity contribution in [3.05, 3.63) is 53.6 Å². The third-order valence-corrected chi connectivity index (χ3v) is 4.08. The molecule has 0 fully saturated rings. The summed E-state index contributed by atoms with van der Waals surface area (Å²) in [6.07, 6.45) is 3.59. The van der Waals surface area contributed by atoms with Gasteiger partial charge in [0.25, 0.3) is 0 Å². The molecule has 0 heterocycles.